The lowest BCUT2D eigenvalue weighted by Gasteiger charge is -2.13. The third-order valence-electron chi connectivity index (χ3n) is 2.38. The summed E-state index contributed by atoms with van der Waals surface area (Å²) in [5.41, 5.74) is 0.328. The van der Waals surface area contributed by atoms with Crippen LogP contribution in [0, 0.1) is 0 Å². The van der Waals surface area contributed by atoms with Gasteiger partial charge in [-0.25, -0.2) is 0 Å². The third kappa shape index (κ3) is 3.85. The normalized spacial score (nSPS) is 13.8. The molecule has 0 heterocycles. The smallest absolute Gasteiger partial charge is 0.314 e. The summed E-state index contributed by atoms with van der Waals surface area (Å²) in [4.78, 5) is 0. The molecule has 90 valence electrons. The van der Waals surface area contributed by atoms with Crippen LogP contribution >= 0.6 is 0 Å². The number of hydrogen-bond acceptors (Lipinski definition) is 1. The van der Waals surface area contributed by atoms with Gasteiger partial charge in [-0.15, -0.1) is 0 Å². The number of alkyl halides is 3. The molecule has 0 fully saturated rings. The van der Waals surface area contributed by atoms with Gasteiger partial charge in [-0.2, -0.15) is 13.2 Å². The van der Waals surface area contributed by atoms with Crippen molar-refractivity contribution in [2.45, 2.75) is 32.5 Å². The predicted molar refractivity (Wildman–Crippen MR) is 58.3 cm³/mol. The van der Waals surface area contributed by atoms with Crippen molar-refractivity contribution in [1.29, 1.82) is 0 Å². The van der Waals surface area contributed by atoms with Crippen molar-refractivity contribution in [3.8, 4) is 0 Å². The Hall–Kier alpha value is -1.03. The van der Waals surface area contributed by atoms with Gasteiger partial charge in [0.25, 0.3) is 0 Å². The maximum Gasteiger partial charge on any atom is 0.416 e. The minimum absolute atomic E-state index is 0.279. The highest BCUT2D eigenvalue weighted by Gasteiger charge is 2.29. The number of benzene rings is 1. The van der Waals surface area contributed by atoms with Gasteiger partial charge < -0.3 is 5.32 Å². The molecular formula is C12H16F3N. The Bertz CT molecular complexity index is 316. The van der Waals surface area contributed by atoms with Crippen LogP contribution in [-0.2, 0) is 12.6 Å². The monoisotopic (exact) mass is 231 g/mol. The van der Waals surface area contributed by atoms with Gasteiger partial charge in [-0.05, 0) is 37.6 Å². The maximum absolute atomic E-state index is 12.3. The minimum atomic E-state index is -4.24. The number of halogens is 3. The van der Waals surface area contributed by atoms with Gasteiger partial charge in [0, 0.05) is 6.04 Å². The molecule has 1 rings (SSSR count). The van der Waals surface area contributed by atoms with Crippen LogP contribution in [0.3, 0.4) is 0 Å². The van der Waals surface area contributed by atoms with E-state index in [2.05, 4.69) is 5.32 Å². The summed E-state index contributed by atoms with van der Waals surface area (Å²) >= 11 is 0. The molecular weight excluding hydrogens is 215 g/mol. The van der Waals surface area contributed by atoms with E-state index in [0.717, 1.165) is 30.7 Å². The largest absolute Gasteiger partial charge is 0.416 e. The minimum Gasteiger partial charge on any atom is -0.314 e. The Labute approximate surface area is 93.7 Å². The second-order valence-electron chi connectivity index (χ2n) is 3.86. The van der Waals surface area contributed by atoms with Gasteiger partial charge in [-0.1, -0.05) is 19.1 Å². The van der Waals surface area contributed by atoms with Crippen LogP contribution < -0.4 is 5.32 Å². The summed E-state index contributed by atoms with van der Waals surface area (Å²) in [7, 11) is 0. The zero-order valence-electron chi connectivity index (χ0n) is 9.43. The molecule has 0 aliphatic rings. The fourth-order valence-electron chi connectivity index (χ4n) is 1.60. The Morgan fingerprint density at radius 1 is 1.19 bits per heavy atom. The Kier molecular flexibility index (Phi) is 4.35. The van der Waals surface area contributed by atoms with Crippen molar-refractivity contribution < 1.29 is 13.2 Å². The molecule has 1 N–H and O–H groups in total. The molecule has 0 aromatic heterocycles. The summed E-state index contributed by atoms with van der Waals surface area (Å²) in [5.74, 6) is 0. The van der Waals surface area contributed by atoms with Crippen molar-refractivity contribution in [3.05, 3.63) is 35.4 Å². The average molecular weight is 231 g/mol. The van der Waals surface area contributed by atoms with Gasteiger partial charge in [0.05, 0.1) is 5.56 Å². The van der Waals surface area contributed by atoms with Crippen LogP contribution in [0.15, 0.2) is 24.3 Å². The van der Waals surface area contributed by atoms with Crippen molar-refractivity contribution in [2.24, 2.45) is 0 Å². The second-order valence-corrected chi connectivity index (χ2v) is 3.86. The lowest BCUT2D eigenvalue weighted by Crippen LogP contribution is -2.27. The summed E-state index contributed by atoms with van der Waals surface area (Å²) in [5, 5.41) is 3.22. The summed E-state index contributed by atoms with van der Waals surface area (Å²) < 4.78 is 36.9. The zero-order valence-corrected chi connectivity index (χ0v) is 9.43. The second kappa shape index (κ2) is 5.34. The van der Waals surface area contributed by atoms with E-state index >= 15 is 0 Å². The predicted octanol–water partition coefficient (Wildman–Crippen LogP) is 3.25. The SMILES string of the molecule is CCN[C@H](C)Cc1ccc(C(F)(F)F)cc1. The van der Waals surface area contributed by atoms with Crippen molar-refractivity contribution in [3.63, 3.8) is 0 Å². The number of rotatable bonds is 4. The molecule has 0 unspecified atom stereocenters. The first kappa shape index (κ1) is 13.0. The Balaban J connectivity index is 2.65. The van der Waals surface area contributed by atoms with E-state index in [1.54, 1.807) is 0 Å². The molecule has 1 aromatic rings. The quantitative estimate of drug-likeness (QED) is 0.838. The van der Waals surface area contributed by atoms with Crippen LogP contribution in [0.25, 0.3) is 0 Å². The first-order valence-electron chi connectivity index (χ1n) is 5.33. The molecule has 0 saturated carbocycles. The first-order chi connectivity index (χ1) is 7.43. The van der Waals surface area contributed by atoms with E-state index in [4.69, 9.17) is 0 Å². The molecule has 16 heavy (non-hydrogen) atoms. The van der Waals surface area contributed by atoms with Gasteiger partial charge in [0.15, 0.2) is 0 Å². The molecule has 4 heteroatoms. The lowest BCUT2D eigenvalue weighted by atomic mass is 10.1. The van der Waals surface area contributed by atoms with E-state index in [0.29, 0.717) is 0 Å². The van der Waals surface area contributed by atoms with Crippen molar-refractivity contribution in [1.82, 2.24) is 5.32 Å². The zero-order chi connectivity index (χ0) is 12.2. The standard InChI is InChI=1S/C12H16F3N/c1-3-16-9(2)8-10-4-6-11(7-5-10)12(13,14)15/h4-7,9,16H,3,8H2,1-2H3/t9-/m1/s1. The highest BCUT2D eigenvalue weighted by molar-refractivity contribution is 5.25. The van der Waals surface area contributed by atoms with Crippen LogP contribution in [0.1, 0.15) is 25.0 Å². The number of nitrogens with one attached hydrogen (secondary N) is 1. The van der Waals surface area contributed by atoms with Crippen LogP contribution in [-0.4, -0.2) is 12.6 Å². The van der Waals surface area contributed by atoms with Gasteiger partial charge in [0.1, 0.15) is 0 Å². The molecule has 1 aromatic carbocycles. The van der Waals surface area contributed by atoms with Crippen molar-refractivity contribution in [2.75, 3.05) is 6.54 Å². The van der Waals surface area contributed by atoms with Crippen LogP contribution in [0.2, 0.25) is 0 Å². The lowest BCUT2D eigenvalue weighted by molar-refractivity contribution is -0.137. The van der Waals surface area contributed by atoms with Crippen molar-refractivity contribution >= 4 is 0 Å². The van der Waals surface area contributed by atoms with Gasteiger partial charge >= 0.3 is 6.18 Å². The Morgan fingerprint density at radius 3 is 2.19 bits per heavy atom. The average Bonchev–Trinajstić information content (AvgIpc) is 2.17. The first-order valence-corrected chi connectivity index (χ1v) is 5.33. The number of likely N-dealkylation sites (N-methyl/N-ethyl adjacent to an activating group) is 1. The van der Waals surface area contributed by atoms with E-state index in [-0.39, 0.29) is 6.04 Å². The summed E-state index contributed by atoms with van der Waals surface area (Å²) in [6.07, 6.45) is -3.50. The molecule has 0 bridgehead atoms. The molecule has 0 amide bonds. The summed E-state index contributed by atoms with van der Waals surface area (Å²) in [6.45, 7) is 4.88. The molecule has 1 atom stereocenters. The molecule has 1 nitrogen and oxygen atoms in total. The van der Waals surface area contributed by atoms with Gasteiger partial charge in [-0.3, -0.25) is 0 Å². The number of hydrogen-bond donors (Lipinski definition) is 1. The fourth-order valence-corrected chi connectivity index (χ4v) is 1.60. The highest BCUT2D eigenvalue weighted by atomic mass is 19.4. The van der Waals surface area contributed by atoms with E-state index < -0.39 is 11.7 Å². The molecule has 0 radical (unpaired) electrons. The van der Waals surface area contributed by atoms with Crippen LogP contribution in [0.5, 0.6) is 0 Å². The van der Waals surface area contributed by atoms with E-state index in [9.17, 15) is 13.2 Å². The topological polar surface area (TPSA) is 12.0 Å². The molecule has 0 aliphatic carbocycles. The van der Waals surface area contributed by atoms with E-state index in [1.165, 1.54) is 12.1 Å². The summed E-state index contributed by atoms with van der Waals surface area (Å²) in [6, 6.07) is 5.62. The third-order valence-corrected chi connectivity index (χ3v) is 2.38. The van der Waals surface area contributed by atoms with Crippen LogP contribution in [0.4, 0.5) is 13.2 Å². The molecule has 0 aliphatic heterocycles. The maximum atomic E-state index is 12.3. The fraction of sp³-hybridized carbons (Fsp3) is 0.500. The van der Waals surface area contributed by atoms with Gasteiger partial charge in [0.2, 0.25) is 0 Å². The highest BCUT2D eigenvalue weighted by Crippen LogP contribution is 2.29. The molecule has 0 saturated heterocycles. The Morgan fingerprint density at radius 2 is 1.75 bits per heavy atom. The van der Waals surface area contributed by atoms with E-state index in [1.807, 2.05) is 13.8 Å². The molecule has 0 spiro atoms.